The molecule has 0 aromatic rings. The van der Waals surface area contributed by atoms with Crippen LogP contribution in [0.5, 0.6) is 0 Å². The maximum atomic E-state index is 10.6. The van der Waals surface area contributed by atoms with Gasteiger partial charge in [0.25, 0.3) is 0 Å². The maximum absolute atomic E-state index is 10.6. The molecule has 6 heteroatoms. The van der Waals surface area contributed by atoms with Crippen LogP contribution in [-0.2, 0) is 0 Å². The third-order valence-electron chi connectivity index (χ3n) is 7.31. The standard InChI is InChI=1S/C27H41N5O/c1-4-20(21-12-10-19(18-28)11-13-21)16-17-29-26(33)15-14-24(23(5-2)22-8-7-9-22)27-30-25(6-3)31-32-27/h5,10-12,14-15,20-22,25-27,29-33H,2,4,6-9,13,16-17H2,1,3H3/b15-14+,24-23-. The highest BCUT2D eigenvalue weighted by molar-refractivity contribution is 5.39. The molecule has 1 heterocycles. The lowest BCUT2D eigenvalue weighted by Gasteiger charge is -2.30. The molecule has 0 spiro atoms. The van der Waals surface area contributed by atoms with Gasteiger partial charge in [-0.05, 0) is 79.7 Å². The second-order valence-electron chi connectivity index (χ2n) is 9.34. The zero-order valence-electron chi connectivity index (χ0n) is 20.2. The number of hydrazine groups is 1. The lowest BCUT2D eigenvalue weighted by molar-refractivity contribution is 0.179. The molecule has 1 saturated heterocycles. The van der Waals surface area contributed by atoms with Crippen molar-refractivity contribution in [2.75, 3.05) is 6.54 Å². The Kier molecular flexibility index (Phi) is 10.1. The van der Waals surface area contributed by atoms with Gasteiger partial charge in [0.2, 0.25) is 0 Å². The van der Waals surface area contributed by atoms with Gasteiger partial charge in [0.15, 0.2) is 0 Å². The highest BCUT2D eigenvalue weighted by atomic mass is 16.3. The molecule has 5 N–H and O–H groups in total. The minimum Gasteiger partial charge on any atom is -0.375 e. The number of aliphatic hydroxyl groups is 1. The number of nitrogens with zero attached hydrogens (tertiary/aromatic N) is 1. The number of nitrogens with one attached hydrogen (secondary N) is 4. The number of rotatable bonds is 12. The molecule has 3 aliphatic rings. The topological polar surface area (TPSA) is 92.1 Å². The Morgan fingerprint density at radius 2 is 2.15 bits per heavy atom. The molecular weight excluding hydrogens is 410 g/mol. The fraction of sp³-hybridized carbons (Fsp3) is 0.593. The molecule has 5 atom stereocenters. The van der Waals surface area contributed by atoms with E-state index in [0.29, 0.717) is 17.8 Å². The van der Waals surface area contributed by atoms with E-state index in [9.17, 15) is 5.11 Å². The van der Waals surface area contributed by atoms with Gasteiger partial charge in [0.05, 0.1) is 18.4 Å². The van der Waals surface area contributed by atoms with Crippen molar-refractivity contribution in [3.05, 3.63) is 59.8 Å². The van der Waals surface area contributed by atoms with Gasteiger partial charge in [-0.3, -0.25) is 10.6 Å². The van der Waals surface area contributed by atoms with Crippen LogP contribution in [0.25, 0.3) is 0 Å². The van der Waals surface area contributed by atoms with Crippen LogP contribution >= 0.6 is 0 Å². The van der Waals surface area contributed by atoms with Crippen LogP contribution in [0.4, 0.5) is 0 Å². The van der Waals surface area contributed by atoms with E-state index in [4.69, 9.17) is 5.26 Å². The minimum absolute atomic E-state index is 0.000849. The van der Waals surface area contributed by atoms with Crippen LogP contribution in [-0.4, -0.2) is 30.2 Å². The van der Waals surface area contributed by atoms with Crippen molar-refractivity contribution in [1.29, 1.82) is 5.26 Å². The van der Waals surface area contributed by atoms with Gasteiger partial charge in [-0.2, -0.15) is 5.26 Å². The number of aliphatic hydroxyl groups excluding tert-OH is 1. The van der Waals surface area contributed by atoms with E-state index in [-0.39, 0.29) is 12.3 Å². The Hall–Kier alpha value is -2.01. The molecule has 0 aromatic heterocycles. The summed E-state index contributed by atoms with van der Waals surface area (Å²) in [5.41, 5.74) is 9.84. The van der Waals surface area contributed by atoms with Crippen LogP contribution in [0, 0.1) is 29.1 Å². The lowest BCUT2D eigenvalue weighted by atomic mass is 9.77. The normalized spacial score (nSPS) is 28.1. The van der Waals surface area contributed by atoms with Crippen LogP contribution in [0.1, 0.15) is 58.8 Å². The SMILES string of the molecule is C=C/C(=C(\C=C\C(O)NCCC(CC)C1C=CC(C#N)=CC1)C1NNC(CC)N1)C1CCC1. The van der Waals surface area contributed by atoms with E-state index < -0.39 is 6.23 Å². The van der Waals surface area contributed by atoms with Gasteiger partial charge in [-0.25, -0.2) is 10.9 Å². The summed E-state index contributed by atoms with van der Waals surface area (Å²) >= 11 is 0. The highest BCUT2D eigenvalue weighted by Gasteiger charge is 2.29. The third-order valence-corrected chi connectivity index (χ3v) is 7.31. The van der Waals surface area contributed by atoms with Crippen molar-refractivity contribution in [3.8, 4) is 6.07 Å². The first kappa shape index (κ1) is 25.6. The molecule has 3 rings (SSSR count). The second kappa shape index (κ2) is 13.0. The third kappa shape index (κ3) is 6.99. The fourth-order valence-electron chi connectivity index (χ4n) is 4.92. The average molecular weight is 452 g/mol. The van der Waals surface area contributed by atoms with Crippen LogP contribution in [0.3, 0.4) is 0 Å². The van der Waals surface area contributed by atoms with Crippen LogP contribution in [0.15, 0.2) is 59.8 Å². The molecule has 33 heavy (non-hydrogen) atoms. The number of hydrogen-bond acceptors (Lipinski definition) is 6. The van der Waals surface area contributed by atoms with Crippen LogP contribution in [0.2, 0.25) is 0 Å². The van der Waals surface area contributed by atoms with Crippen LogP contribution < -0.4 is 21.5 Å². The fourth-order valence-corrected chi connectivity index (χ4v) is 4.92. The minimum atomic E-state index is -0.701. The maximum Gasteiger partial charge on any atom is 0.124 e. The predicted octanol–water partition coefficient (Wildman–Crippen LogP) is 3.94. The van der Waals surface area contributed by atoms with E-state index in [0.717, 1.165) is 43.4 Å². The molecule has 6 nitrogen and oxygen atoms in total. The predicted molar refractivity (Wildman–Crippen MR) is 134 cm³/mol. The van der Waals surface area contributed by atoms with Crippen molar-refractivity contribution in [1.82, 2.24) is 21.5 Å². The van der Waals surface area contributed by atoms with Gasteiger partial charge in [-0.1, -0.05) is 57.6 Å². The molecule has 2 aliphatic carbocycles. The molecule has 2 fully saturated rings. The monoisotopic (exact) mass is 451 g/mol. The zero-order chi connectivity index (χ0) is 23.6. The average Bonchev–Trinajstić information content (AvgIpc) is 3.29. The van der Waals surface area contributed by atoms with Gasteiger partial charge in [-0.15, -0.1) is 0 Å². The largest absolute Gasteiger partial charge is 0.375 e. The molecule has 0 aromatic carbocycles. The summed E-state index contributed by atoms with van der Waals surface area (Å²) in [6.45, 7) is 9.19. The first-order chi connectivity index (χ1) is 16.1. The molecule has 180 valence electrons. The van der Waals surface area contributed by atoms with Gasteiger partial charge in [0, 0.05) is 5.57 Å². The summed E-state index contributed by atoms with van der Waals surface area (Å²) in [6.07, 6.45) is 19.2. The van der Waals surface area contributed by atoms with E-state index >= 15 is 0 Å². The van der Waals surface area contributed by atoms with Crippen molar-refractivity contribution in [2.24, 2.45) is 17.8 Å². The number of nitriles is 1. The summed E-state index contributed by atoms with van der Waals surface area (Å²) in [7, 11) is 0. The highest BCUT2D eigenvalue weighted by Crippen LogP contribution is 2.36. The Balaban J connectivity index is 1.56. The van der Waals surface area contributed by atoms with Crippen molar-refractivity contribution < 1.29 is 5.11 Å². The zero-order valence-corrected chi connectivity index (χ0v) is 20.2. The lowest BCUT2D eigenvalue weighted by Crippen LogP contribution is -2.37. The Morgan fingerprint density at radius 1 is 1.33 bits per heavy atom. The quantitative estimate of drug-likeness (QED) is 0.228. The van der Waals surface area contributed by atoms with Crippen molar-refractivity contribution in [2.45, 2.75) is 77.4 Å². The van der Waals surface area contributed by atoms with E-state index in [1.807, 2.05) is 30.4 Å². The molecule has 1 aliphatic heterocycles. The van der Waals surface area contributed by atoms with Gasteiger partial charge in [0.1, 0.15) is 6.23 Å². The Morgan fingerprint density at radius 3 is 2.70 bits per heavy atom. The van der Waals surface area contributed by atoms with Crippen molar-refractivity contribution >= 4 is 0 Å². The second-order valence-corrected chi connectivity index (χ2v) is 9.34. The summed E-state index contributed by atoms with van der Waals surface area (Å²) in [5.74, 6) is 1.56. The molecule has 5 unspecified atom stereocenters. The summed E-state index contributed by atoms with van der Waals surface area (Å²) in [5, 5.41) is 26.5. The van der Waals surface area contributed by atoms with E-state index in [1.54, 1.807) is 0 Å². The summed E-state index contributed by atoms with van der Waals surface area (Å²) in [6, 6.07) is 2.21. The summed E-state index contributed by atoms with van der Waals surface area (Å²) in [4.78, 5) is 0. The molecule has 1 saturated carbocycles. The molecular formula is C27H41N5O. The van der Waals surface area contributed by atoms with Crippen molar-refractivity contribution in [3.63, 3.8) is 0 Å². The Labute approximate surface area is 199 Å². The molecule has 0 bridgehead atoms. The Bertz CT molecular complexity index is 817. The first-order valence-corrected chi connectivity index (χ1v) is 12.6. The number of hydrogen-bond donors (Lipinski definition) is 5. The summed E-state index contributed by atoms with van der Waals surface area (Å²) < 4.78 is 0. The van der Waals surface area contributed by atoms with Gasteiger partial charge < -0.3 is 5.11 Å². The number of allylic oxidation sites excluding steroid dienone is 6. The molecule has 0 radical (unpaired) electrons. The molecule has 0 amide bonds. The smallest absolute Gasteiger partial charge is 0.124 e. The van der Waals surface area contributed by atoms with E-state index in [1.165, 1.54) is 24.8 Å². The first-order valence-electron chi connectivity index (χ1n) is 12.6. The van der Waals surface area contributed by atoms with E-state index in [2.05, 4.69) is 54.1 Å². The van der Waals surface area contributed by atoms with Gasteiger partial charge >= 0.3 is 0 Å².